The molecule has 4 rings (SSSR count). The van der Waals surface area contributed by atoms with Crippen LogP contribution in [-0.2, 0) is 0 Å². The van der Waals surface area contributed by atoms with E-state index < -0.39 is 0 Å². The van der Waals surface area contributed by atoms with Crippen molar-refractivity contribution < 1.29 is 0 Å². The zero-order chi connectivity index (χ0) is 16.5. The molecule has 1 heterocycles. The second kappa shape index (κ2) is 5.89. The number of rotatable bonds is 2. The predicted molar refractivity (Wildman–Crippen MR) is 99.9 cm³/mol. The summed E-state index contributed by atoms with van der Waals surface area (Å²) >= 11 is 0. The Balaban J connectivity index is 1.81. The molecule has 0 saturated heterocycles. The van der Waals surface area contributed by atoms with Crippen molar-refractivity contribution in [2.75, 3.05) is 0 Å². The van der Waals surface area contributed by atoms with Gasteiger partial charge in [0.25, 0.3) is 0 Å². The highest BCUT2D eigenvalue weighted by Gasteiger charge is 2.08. The van der Waals surface area contributed by atoms with Crippen LogP contribution < -0.4 is 0 Å². The molecule has 3 aromatic carbocycles. The van der Waals surface area contributed by atoms with Gasteiger partial charge in [0.1, 0.15) is 5.82 Å². The van der Waals surface area contributed by atoms with E-state index in [1.54, 1.807) is 0 Å². The molecule has 0 aliphatic carbocycles. The van der Waals surface area contributed by atoms with Crippen molar-refractivity contribution in [3.63, 3.8) is 0 Å². The summed E-state index contributed by atoms with van der Waals surface area (Å²) in [6.45, 7) is 4.06. The van der Waals surface area contributed by atoms with E-state index in [9.17, 15) is 0 Å². The molecule has 4 aromatic rings. The lowest BCUT2D eigenvalue weighted by molar-refractivity contribution is 1.10. The molecular weight excluding hydrogens is 292 g/mol. The van der Waals surface area contributed by atoms with E-state index in [-0.39, 0.29) is 0 Å². The van der Waals surface area contributed by atoms with E-state index >= 15 is 0 Å². The monoisotopic (exact) mass is 310 g/mol. The lowest BCUT2D eigenvalue weighted by Crippen LogP contribution is -1.93. The summed E-state index contributed by atoms with van der Waals surface area (Å²) in [6, 6.07) is 25.3. The highest BCUT2D eigenvalue weighted by Crippen LogP contribution is 2.28. The summed E-state index contributed by atoms with van der Waals surface area (Å²) in [7, 11) is 0. The van der Waals surface area contributed by atoms with Gasteiger partial charge in [-0.05, 0) is 31.0 Å². The van der Waals surface area contributed by atoms with Crippen molar-refractivity contribution in [2.24, 2.45) is 0 Å². The number of para-hydroxylation sites is 1. The third-order valence-corrected chi connectivity index (χ3v) is 4.22. The maximum Gasteiger partial charge on any atom is 0.126 e. The van der Waals surface area contributed by atoms with E-state index in [0.29, 0.717) is 0 Å². The van der Waals surface area contributed by atoms with E-state index in [1.807, 2.05) is 25.1 Å². The fourth-order valence-electron chi connectivity index (χ4n) is 3.06. The van der Waals surface area contributed by atoms with Gasteiger partial charge >= 0.3 is 0 Å². The SMILES string of the molecule is Cc1cccc(-c2ccc(-c3nc(C)nc4ccccc34)cc2)c1. The maximum absolute atomic E-state index is 4.68. The molecule has 0 unspecified atom stereocenters. The molecule has 2 nitrogen and oxygen atoms in total. The molecule has 116 valence electrons. The molecule has 0 N–H and O–H groups in total. The van der Waals surface area contributed by atoms with Crippen LogP contribution in [0.2, 0.25) is 0 Å². The number of hydrogen-bond acceptors (Lipinski definition) is 2. The maximum atomic E-state index is 4.68. The molecule has 1 aromatic heterocycles. The molecule has 24 heavy (non-hydrogen) atoms. The van der Waals surface area contributed by atoms with Crippen molar-refractivity contribution in [1.29, 1.82) is 0 Å². The Morgan fingerprint density at radius 1 is 0.625 bits per heavy atom. The Kier molecular flexibility index (Phi) is 3.58. The molecule has 0 spiro atoms. The quantitative estimate of drug-likeness (QED) is 0.483. The van der Waals surface area contributed by atoms with Crippen molar-refractivity contribution in [1.82, 2.24) is 9.97 Å². The third kappa shape index (κ3) is 2.67. The minimum Gasteiger partial charge on any atom is -0.233 e. The number of hydrogen-bond donors (Lipinski definition) is 0. The zero-order valence-corrected chi connectivity index (χ0v) is 13.8. The standard InChI is InChI=1S/C22H18N2/c1-15-6-5-7-19(14-15)17-10-12-18(13-11-17)22-20-8-3-4-9-21(20)23-16(2)24-22/h3-14H,1-2H3. The summed E-state index contributed by atoms with van der Waals surface area (Å²) in [4.78, 5) is 9.20. The summed E-state index contributed by atoms with van der Waals surface area (Å²) < 4.78 is 0. The van der Waals surface area contributed by atoms with Crippen LogP contribution in [-0.4, -0.2) is 9.97 Å². The molecule has 0 saturated carbocycles. The van der Waals surface area contributed by atoms with E-state index in [0.717, 1.165) is 28.0 Å². The average molecular weight is 310 g/mol. The predicted octanol–water partition coefficient (Wildman–Crippen LogP) is 5.58. The summed E-state index contributed by atoms with van der Waals surface area (Å²) in [5.74, 6) is 0.798. The van der Waals surface area contributed by atoms with Gasteiger partial charge in [-0.25, -0.2) is 9.97 Å². The Labute approximate surface area is 141 Å². The second-order valence-electron chi connectivity index (χ2n) is 6.08. The van der Waals surface area contributed by atoms with Crippen molar-refractivity contribution >= 4 is 10.9 Å². The Morgan fingerprint density at radius 2 is 1.38 bits per heavy atom. The van der Waals surface area contributed by atoms with Crippen LogP contribution in [0, 0.1) is 13.8 Å². The molecule has 0 amide bonds. The van der Waals surface area contributed by atoms with Crippen LogP contribution in [0.1, 0.15) is 11.4 Å². The minimum absolute atomic E-state index is 0.798. The van der Waals surface area contributed by atoms with E-state index in [1.165, 1.54) is 16.7 Å². The Morgan fingerprint density at radius 3 is 2.17 bits per heavy atom. The molecule has 0 radical (unpaired) electrons. The first-order valence-corrected chi connectivity index (χ1v) is 8.11. The van der Waals surface area contributed by atoms with Crippen LogP contribution in [0.3, 0.4) is 0 Å². The number of aryl methyl sites for hydroxylation is 2. The zero-order valence-electron chi connectivity index (χ0n) is 13.8. The van der Waals surface area contributed by atoms with Gasteiger partial charge in [-0.2, -0.15) is 0 Å². The van der Waals surface area contributed by atoms with Gasteiger partial charge in [-0.15, -0.1) is 0 Å². The normalized spacial score (nSPS) is 10.9. The van der Waals surface area contributed by atoms with Gasteiger partial charge in [-0.3, -0.25) is 0 Å². The molecule has 0 atom stereocenters. The lowest BCUT2D eigenvalue weighted by Gasteiger charge is -2.08. The minimum atomic E-state index is 0.798. The van der Waals surface area contributed by atoms with Crippen LogP contribution >= 0.6 is 0 Å². The van der Waals surface area contributed by atoms with Gasteiger partial charge in [0.05, 0.1) is 11.2 Å². The summed E-state index contributed by atoms with van der Waals surface area (Å²) in [5, 5.41) is 1.09. The average Bonchev–Trinajstić information content (AvgIpc) is 2.61. The van der Waals surface area contributed by atoms with E-state index in [4.69, 9.17) is 0 Å². The first kappa shape index (κ1) is 14.6. The van der Waals surface area contributed by atoms with Gasteiger partial charge in [0, 0.05) is 10.9 Å². The molecule has 0 aliphatic heterocycles. The highest BCUT2D eigenvalue weighted by atomic mass is 14.9. The highest BCUT2D eigenvalue weighted by molar-refractivity contribution is 5.92. The number of benzene rings is 3. The number of fused-ring (bicyclic) bond motifs is 1. The largest absolute Gasteiger partial charge is 0.233 e. The summed E-state index contributed by atoms with van der Waals surface area (Å²) in [5.41, 5.74) is 6.83. The first-order valence-electron chi connectivity index (χ1n) is 8.11. The first-order chi connectivity index (χ1) is 11.7. The van der Waals surface area contributed by atoms with Crippen molar-refractivity contribution in [3.8, 4) is 22.4 Å². The molecule has 0 bridgehead atoms. The smallest absolute Gasteiger partial charge is 0.126 e. The van der Waals surface area contributed by atoms with Crippen molar-refractivity contribution in [2.45, 2.75) is 13.8 Å². The Bertz CT molecular complexity index is 1020. The van der Waals surface area contributed by atoms with Crippen LogP contribution in [0.5, 0.6) is 0 Å². The van der Waals surface area contributed by atoms with Gasteiger partial charge in [0.2, 0.25) is 0 Å². The topological polar surface area (TPSA) is 25.8 Å². The molecule has 0 aliphatic rings. The molecule has 2 heteroatoms. The van der Waals surface area contributed by atoms with E-state index in [2.05, 4.69) is 71.5 Å². The molecule has 0 fully saturated rings. The van der Waals surface area contributed by atoms with Gasteiger partial charge < -0.3 is 0 Å². The number of aromatic nitrogens is 2. The van der Waals surface area contributed by atoms with Gasteiger partial charge in [0.15, 0.2) is 0 Å². The van der Waals surface area contributed by atoms with Crippen LogP contribution in [0.4, 0.5) is 0 Å². The lowest BCUT2D eigenvalue weighted by atomic mass is 10.00. The van der Waals surface area contributed by atoms with Gasteiger partial charge in [-0.1, -0.05) is 72.3 Å². The fraction of sp³-hybridized carbons (Fsp3) is 0.0909. The summed E-state index contributed by atoms with van der Waals surface area (Å²) in [6.07, 6.45) is 0. The van der Waals surface area contributed by atoms with Crippen LogP contribution in [0.25, 0.3) is 33.3 Å². The fourth-order valence-corrected chi connectivity index (χ4v) is 3.06. The molecular formula is C22H18N2. The van der Waals surface area contributed by atoms with Crippen molar-refractivity contribution in [3.05, 3.63) is 84.2 Å². The Hall–Kier alpha value is -3.00. The second-order valence-corrected chi connectivity index (χ2v) is 6.08. The number of nitrogens with zero attached hydrogens (tertiary/aromatic N) is 2. The third-order valence-electron chi connectivity index (χ3n) is 4.22. The van der Waals surface area contributed by atoms with Crippen LogP contribution in [0.15, 0.2) is 72.8 Å².